The van der Waals surface area contributed by atoms with Crippen molar-refractivity contribution < 1.29 is 18.7 Å². The van der Waals surface area contributed by atoms with Crippen LogP contribution in [0.3, 0.4) is 0 Å². The Morgan fingerprint density at radius 2 is 1.70 bits per heavy atom. The molecular weight excluding hydrogens is 345 g/mol. The summed E-state index contributed by atoms with van der Waals surface area (Å²) in [6, 6.07) is 10.8. The average Bonchev–Trinajstić information content (AvgIpc) is 2.69. The maximum atomic E-state index is 13.2. The number of nitrogens with one attached hydrogen (secondary N) is 1. The molecule has 1 aliphatic carbocycles. The van der Waals surface area contributed by atoms with Crippen molar-refractivity contribution in [2.24, 2.45) is 0 Å². The molecule has 0 spiro atoms. The van der Waals surface area contributed by atoms with Crippen LogP contribution < -0.4 is 10.1 Å². The van der Waals surface area contributed by atoms with E-state index in [1.54, 1.807) is 25.3 Å². The van der Waals surface area contributed by atoms with Gasteiger partial charge < -0.3 is 10.1 Å². The van der Waals surface area contributed by atoms with Crippen molar-refractivity contribution in [1.82, 2.24) is 5.32 Å². The minimum atomic E-state index is -0.956. The first kappa shape index (κ1) is 19.1. The van der Waals surface area contributed by atoms with Crippen molar-refractivity contribution in [2.75, 3.05) is 7.11 Å². The van der Waals surface area contributed by atoms with Gasteiger partial charge in [0, 0.05) is 16.7 Å². The van der Waals surface area contributed by atoms with Gasteiger partial charge in [-0.1, -0.05) is 25.3 Å². The lowest BCUT2D eigenvalue weighted by atomic mass is 9.76. The highest BCUT2D eigenvalue weighted by Crippen LogP contribution is 2.32. The number of hydrogen-bond acceptors (Lipinski definition) is 3. The number of benzene rings is 2. The molecule has 1 saturated carbocycles. The molecule has 0 aromatic heterocycles. The van der Waals surface area contributed by atoms with Crippen LogP contribution in [-0.4, -0.2) is 24.3 Å². The molecule has 2 aromatic carbocycles. The molecule has 4 nitrogen and oxygen atoms in total. The zero-order valence-corrected chi connectivity index (χ0v) is 15.7. The molecular formula is C22H24FNO3. The first-order valence-electron chi connectivity index (χ1n) is 9.23. The van der Waals surface area contributed by atoms with E-state index >= 15 is 0 Å². The molecule has 3 rings (SSSR count). The van der Waals surface area contributed by atoms with Crippen LogP contribution in [0.4, 0.5) is 4.39 Å². The van der Waals surface area contributed by atoms with Gasteiger partial charge in [-0.2, -0.15) is 0 Å². The van der Waals surface area contributed by atoms with Gasteiger partial charge in [0.15, 0.2) is 5.78 Å². The Bertz CT molecular complexity index is 839. The summed E-state index contributed by atoms with van der Waals surface area (Å²) < 4.78 is 18.5. The lowest BCUT2D eigenvalue weighted by Crippen LogP contribution is -2.55. The SMILES string of the molecule is COc1cccc(C(=O)NC2(C(=O)c3ccc(F)cc3)CCCCC2)c1C. The molecule has 1 amide bonds. The van der Waals surface area contributed by atoms with Crippen molar-refractivity contribution in [3.63, 3.8) is 0 Å². The van der Waals surface area contributed by atoms with Gasteiger partial charge in [-0.15, -0.1) is 0 Å². The van der Waals surface area contributed by atoms with E-state index in [2.05, 4.69) is 5.32 Å². The van der Waals surface area contributed by atoms with E-state index in [1.807, 2.05) is 6.92 Å². The number of carbonyl (C=O) groups is 2. The van der Waals surface area contributed by atoms with Crippen molar-refractivity contribution in [1.29, 1.82) is 0 Å². The number of ether oxygens (including phenoxy) is 1. The summed E-state index contributed by atoms with van der Waals surface area (Å²) in [4.78, 5) is 26.3. The second-order valence-electron chi connectivity index (χ2n) is 7.07. The minimum Gasteiger partial charge on any atom is -0.496 e. The lowest BCUT2D eigenvalue weighted by molar-refractivity contribution is 0.0713. The number of methoxy groups -OCH3 is 1. The molecule has 27 heavy (non-hydrogen) atoms. The molecule has 142 valence electrons. The molecule has 1 N–H and O–H groups in total. The van der Waals surface area contributed by atoms with Gasteiger partial charge in [-0.05, 0) is 56.2 Å². The van der Waals surface area contributed by atoms with Crippen LogP contribution in [-0.2, 0) is 0 Å². The van der Waals surface area contributed by atoms with Crippen molar-refractivity contribution in [3.8, 4) is 5.75 Å². The number of Topliss-reactive ketones (excluding diaryl/α,β-unsaturated/α-hetero) is 1. The smallest absolute Gasteiger partial charge is 0.252 e. The number of rotatable bonds is 5. The number of amides is 1. The van der Waals surface area contributed by atoms with E-state index in [-0.39, 0.29) is 17.5 Å². The quantitative estimate of drug-likeness (QED) is 0.792. The summed E-state index contributed by atoms with van der Waals surface area (Å²) in [6.45, 7) is 1.82. The third-order valence-corrected chi connectivity index (χ3v) is 5.35. The Kier molecular flexibility index (Phi) is 5.59. The van der Waals surface area contributed by atoms with E-state index in [0.717, 1.165) is 24.8 Å². The Labute approximate surface area is 158 Å². The molecule has 0 heterocycles. The average molecular weight is 369 g/mol. The first-order valence-corrected chi connectivity index (χ1v) is 9.23. The Hall–Kier alpha value is -2.69. The van der Waals surface area contributed by atoms with Crippen molar-refractivity contribution in [2.45, 2.75) is 44.6 Å². The molecule has 0 unspecified atom stereocenters. The van der Waals surface area contributed by atoms with Crippen LogP contribution in [0.5, 0.6) is 5.75 Å². The monoisotopic (exact) mass is 369 g/mol. The highest BCUT2D eigenvalue weighted by Gasteiger charge is 2.41. The Morgan fingerprint density at radius 1 is 1.04 bits per heavy atom. The fourth-order valence-corrected chi connectivity index (χ4v) is 3.81. The highest BCUT2D eigenvalue weighted by atomic mass is 19.1. The number of halogens is 1. The van der Waals surface area contributed by atoms with Gasteiger partial charge in [-0.25, -0.2) is 4.39 Å². The van der Waals surface area contributed by atoms with E-state index < -0.39 is 5.54 Å². The molecule has 2 aromatic rings. The first-order chi connectivity index (χ1) is 13.0. The number of ketones is 1. The summed E-state index contributed by atoms with van der Waals surface area (Å²) in [5.74, 6) is -0.203. The zero-order chi connectivity index (χ0) is 19.4. The summed E-state index contributed by atoms with van der Waals surface area (Å²) in [7, 11) is 1.56. The second kappa shape index (κ2) is 7.91. The normalized spacial score (nSPS) is 15.8. The highest BCUT2D eigenvalue weighted by molar-refractivity contribution is 6.07. The molecule has 0 aliphatic heterocycles. The number of hydrogen-bond donors (Lipinski definition) is 1. The lowest BCUT2D eigenvalue weighted by Gasteiger charge is -2.37. The fourth-order valence-electron chi connectivity index (χ4n) is 3.81. The summed E-state index contributed by atoms with van der Waals surface area (Å²) in [5.41, 5.74) is 0.688. The van der Waals surface area contributed by atoms with Gasteiger partial charge in [0.05, 0.1) is 7.11 Å². The van der Waals surface area contributed by atoms with Crippen LogP contribution >= 0.6 is 0 Å². The molecule has 1 fully saturated rings. The summed E-state index contributed by atoms with van der Waals surface area (Å²) >= 11 is 0. The van der Waals surface area contributed by atoms with Crippen LogP contribution in [0.15, 0.2) is 42.5 Å². The standard InChI is InChI=1S/C22H24FNO3/c1-15-18(7-6-8-19(15)27-2)21(26)24-22(13-4-3-5-14-22)20(25)16-9-11-17(23)12-10-16/h6-12H,3-5,13-14H2,1-2H3,(H,24,26). The summed E-state index contributed by atoms with van der Waals surface area (Å²) in [5, 5.41) is 3.02. The van der Waals surface area contributed by atoms with Gasteiger partial charge in [0.2, 0.25) is 0 Å². The third-order valence-electron chi connectivity index (χ3n) is 5.35. The Morgan fingerprint density at radius 3 is 2.33 bits per heavy atom. The predicted octanol–water partition coefficient (Wildman–Crippen LogP) is 4.46. The molecule has 0 atom stereocenters. The minimum absolute atomic E-state index is 0.156. The predicted molar refractivity (Wildman–Crippen MR) is 102 cm³/mol. The third kappa shape index (κ3) is 3.87. The van der Waals surface area contributed by atoms with E-state index in [1.165, 1.54) is 24.3 Å². The fraction of sp³-hybridized carbons (Fsp3) is 0.364. The topological polar surface area (TPSA) is 55.4 Å². The molecule has 0 saturated heterocycles. The molecule has 1 aliphatic rings. The maximum absolute atomic E-state index is 13.2. The number of carbonyl (C=O) groups excluding carboxylic acids is 2. The Balaban J connectivity index is 1.92. The van der Waals surface area contributed by atoms with Gasteiger partial charge >= 0.3 is 0 Å². The second-order valence-corrected chi connectivity index (χ2v) is 7.07. The van der Waals surface area contributed by atoms with E-state index in [9.17, 15) is 14.0 Å². The molecule has 0 bridgehead atoms. The molecule has 5 heteroatoms. The van der Waals surface area contributed by atoms with Gasteiger partial charge in [0.25, 0.3) is 5.91 Å². The van der Waals surface area contributed by atoms with Crippen LogP contribution in [0.2, 0.25) is 0 Å². The van der Waals surface area contributed by atoms with Crippen LogP contribution in [0, 0.1) is 12.7 Å². The van der Waals surface area contributed by atoms with Crippen molar-refractivity contribution >= 4 is 11.7 Å². The van der Waals surface area contributed by atoms with Crippen LogP contribution in [0.25, 0.3) is 0 Å². The summed E-state index contributed by atoms with van der Waals surface area (Å²) in [6.07, 6.45) is 3.93. The maximum Gasteiger partial charge on any atom is 0.252 e. The largest absolute Gasteiger partial charge is 0.496 e. The zero-order valence-electron chi connectivity index (χ0n) is 15.7. The van der Waals surface area contributed by atoms with Gasteiger partial charge in [-0.3, -0.25) is 9.59 Å². The van der Waals surface area contributed by atoms with Crippen LogP contribution in [0.1, 0.15) is 58.4 Å². The van der Waals surface area contributed by atoms with Crippen molar-refractivity contribution in [3.05, 3.63) is 65.0 Å². The van der Waals surface area contributed by atoms with E-state index in [0.29, 0.717) is 29.7 Å². The van der Waals surface area contributed by atoms with E-state index in [4.69, 9.17) is 4.74 Å². The van der Waals surface area contributed by atoms with Gasteiger partial charge in [0.1, 0.15) is 17.1 Å². The molecule has 0 radical (unpaired) electrons.